The molecule has 232 valence electrons. The molecule has 0 unspecified atom stereocenters. The molecule has 5 aromatic rings. The highest BCUT2D eigenvalue weighted by Gasteiger charge is 2.25. The third-order valence-electron chi connectivity index (χ3n) is 7.51. The molecule has 9 nitrogen and oxygen atoms in total. The first kappa shape index (κ1) is 33.9. The van der Waals surface area contributed by atoms with Crippen LogP contribution in [-0.2, 0) is 4.79 Å². The number of rotatable bonds is 7. The van der Waals surface area contributed by atoms with Gasteiger partial charge in [-0.05, 0) is 61.9 Å². The predicted molar refractivity (Wildman–Crippen MR) is 180 cm³/mol. The van der Waals surface area contributed by atoms with Gasteiger partial charge in [0, 0.05) is 24.7 Å². The van der Waals surface area contributed by atoms with Gasteiger partial charge in [0.1, 0.15) is 21.9 Å². The van der Waals surface area contributed by atoms with Gasteiger partial charge in [0.15, 0.2) is 0 Å². The Hall–Kier alpha value is -4.57. The normalized spacial score (nSPS) is 16.7. The van der Waals surface area contributed by atoms with Gasteiger partial charge >= 0.3 is 5.69 Å². The summed E-state index contributed by atoms with van der Waals surface area (Å²) in [5.41, 5.74) is 2.01. The highest BCUT2D eigenvalue weighted by atomic mass is 32.1. The van der Waals surface area contributed by atoms with Crippen molar-refractivity contribution >= 4 is 44.3 Å². The van der Waals surface area contributed by atoms with E-state index in [0.717, 1.165) is 36.6 Å². The Bertz CT molecular complexity index is 1880. The van der Waals surface area contributed by atoms with Gasteiger partial charge in [0.2, 0.25) is 11.8 Å². The molecular formula is C34H41N5O4S. The second kappa shape index (κ2) is 14.3. The summed E-state index contributed by atoms with van der Waals surface area (Å²) in [5, 5.41) is 15.0. The van der Waals surface area contributed by atoms with Crippen LogP contribution in [0.3, 0.4) is 0 Å². The molecule has 1 aromatic carbocycles. The average molecular weight is 616 g/mol. The van der Waals surface area contributed by atoms with Gasteiger partial charge in [-0.2, -0.15) is 4.98 Å². The molecule has 1 aliphatic rings. The topological polar surface area (TPSA) is 119 Å². The molecule has 2 atom stereocenters. The molecule has 10 heteroatoms. The first-order valence-electron chi connectivity index (χ1n) is 13.6. The van der Waals surface area contributed by atoms with Crippen molar-refractivity contribution in [1.82, 2.24) is 24.8 Å². The van der Waals surface area contributed by atoms with Gasteiger partial charge in [-0.15, -0.1) is 11.3 Å². The van der Waals surface area contributed by atoms with E-state index in [0.29, 0.717) is 44.1 Å². The number of benzene rings is 1. The van der Waals surface area contributed by atoms with E-state index in [9.17, 15) is 14.7 Å². The quantitative estimate of drug-likeness (QED) is 0.189. The number of aromatic nitrogens is 4. The summed E-state index contributed by atoms with van der Waals surface area (Å²) in [6.45, 7) is 5.42. The van der Waals surface area contributed by atoms with Gasteiger partial charge in [0.25, 0.3) is 0 Å². The Labute approximate surface area is 262 Å². The Morgan fingerprint density at radius 2 is 1.95 bits per heavy atom. The van der Waals surface area contributed by atoms with Crippen LogP contribution in [0.1, 0.15) is 59.9 Å². The zero-order valence-corrected chi connectivity index (χ0v) is 23.4. The molecule has 1 aliphatic carbocycles. The number of nitrogens with one attached hydrogen (secondary N) is 1. The maximum atomic E-state index is 13.5. The largest absolute Gasteiger partial charge is 0.511 e. The van der Waals surface area contributed by atoms with Gasteiger partial charge in [-0.25, -0.2) is 14.8 Å². The summed E-state index contributed by atoms with van der Waals surface area (Å²) in [4.78, 5) is 39.4. The molecule has 1 saturated carbocycles. The number of amides is 1. The number of hydrogen-bond acceptors (Lipinski definition) is 8. The molecule has 0 saturated heterocycles. The van der Waals surface area contributed by atoms with E-state index < -0.39 is 5.69 Å². The van der Waals surface area contributed by atoms with Crippen LogP contribution in [-0.4, -0.2) is 36.6 Å². The summed E-state index contributed by atoms with van der Waals surface area (Å²) >= 11 is 1.33. The second-order valence-corrected chi connectivity index (χ2v) is 11.3. The summed E-state index contributed by atoms with van der Waals surface area (Å²) in [6, 6.07) is 13.0. The maximum Gasteiger partial charge on any atom is 0.353 e. The Morgan fingerprint density at radius 3 is 2.68 bits per heavy atom. The van der Waals surface area contributed by atoms with Crippen LogP contribution in [0.2, 0.25) is 0 Å². The monoisotopic (exact) mass is 615 g/mol. The molecule has 4 aromatic heterocycles. The van der Waals surface area contributed by atoms with Crippen molar-refractivity contribution in [2.24, 2.45) is 5.92 Å². The van der Waals surface area contributed by atoms with Crippen molar-refractivity contribution < 1.29 is 14.6 Å². The van der Waals surface area contributed by atoms with Crippen LogP contribution in [0.5, 0.6) is 11.6 Å². The third-order valence-corrected chi connectivity index (χ3v) is 8.64. The van der Waals surface area contributed by atoms with Gasteiger partial charge in [0.05, 0.1) is 27.3 Å². The first-order valence-corrected chi connectivity index (χ1v) is 14.4. The van der Waals surface area contributed by atoms with Crippen LogP contribution in [0.25, 0.3) is 32.7 Å². The van der Waals surface area contributed by atoms with E-state index in [-0.39, 0.29) is 45.9 Å². The Morgan fingerprint density at radius 1 is 1.18 bits per heavy atom. The Kier molecular flexibility index (Phi) is 11.0. The lowest BCUT2D eigenvalue weighted by Gasteiger charge is -2.29. The van der Waals surface area contributed by atoms with E-state index in [1.54, 1.807) is 24.5 Å². The van der Waals surface area contributed by atoms with E-state index in [1.807, 2.05) is 37.3 Å². The molecule has 0 aliphatic heterocycles. The minimum absolute atomic E-state index is 0. The summed E-state index contributed by atoms with van der Waals surface area (Å²) in [6.07, 6.45) is 8.59. The maximum absolute atomic E-state index is 13.5. The third kappa shape index (κ3) is 6.65. The zero-order chi connectivity index (χ0) is 28.5. The predicted octanol–water partition coefficient (Wildman–Crippen LogP) is 7.04. The van der Waals surface area contributed by atoms with Crippen LogP contribution in [0.4, 0.5) is 0 Å². The number of nitrogens with zero attached hydrogens (tertiary/aromatic N) is 4. The minimum atomic E-state index is -0.469. The highest BCUT2D eigenvalue weighted by Crippen LogP contribution is 2.32. The fourth-order valence-electron chi connectivity index (χ4n) is 5.62. The van der Waals surface area contributed by atoms with Crippen LogP contribution in [0, 0.1) is 12.8 Å². The molecule has 0 bridgehead atoms. The van der Waals surface area contributed by atoms with Crippen molar-refractivity contribution in [3.63, 3.8) is 0 Å². The molecular weight excluding hydrogens is 574 g/mol. The number of aliphatic hydroxyl groups excluding tert-OH is 1. The first-order chi connectivity index (χ1) is 19.9. The van der Waals surface area contributed by atoms with Crippen molar-refractivity contribution in [3.05, 3.63) is 88.1 Å². The van der Waals surface area contributed by atoms with Gasteiger partial charge in [-0.1, -0.05) is 53.5 Å². The molecule has 0 radical (unpaired) electrons. The molecule has 0 spiro atoms. The molecule has 44 heavy (non-hydrogen) atoms. The smallest absolute Gasteiger partial charge is 0.353 e. The SMILES string of the molecule is C.C.C.C=CC(=O)N[C@@H]1CCC[C@@H](CC(O)=c2sc3nccc4c3c2nc(=O)n4-c2cnc(Oc3ccccc3)cc2C)C1. The number of para-hydroxylation sites is 1. The van der Waals surface area contributed by atoms with Crippen molar-refractivity contribution in [1.29, 1.82) is 0 Å². The lowest BCUT2D eigenvalue weighted by atomic mass is 9.83. The molecule has 4 heterocycles. The number of carbonyl (C=O) groups is 1. The lowest BCUT2D eigenvalue weighted by molar-refractivity contribution is -0.117. The standard InChI is InChI=1S/C31H29N5O4S.3CH4/c1-3-25(38)34-20-9-7-8-19(15-20)16-24(37)29-28-27-22(12-13-32-30(27)41-29)36(31(39)35-28)23-17-33-26(14-18(23)2)40-21-10-5-4-6-11-21;;;/h3-6,10-14,17,19-20,37H,1,7-9,15-16H2,2H3,(H,34,38);3*1H4/t19-,20-;;;/m1.../s1. The van der Waals surface area contributed by atoms with Crippen molar-refractivity contribution in [2.45, 2.75) is 67.3 Å². The van der Waals surface area contributed by atoms with E-state index in [2.05, 4.69) is 26.8 Å². The number of pyridine rings is 2. The number of ether oxygens (including phenoxy) is 1. The van der Waals surface area contributed by atoms with Crippen molar-refractivity contribution in [2.75, 3.05) is 0 Å². The number of hydrogen-bond donors (Lipinski definition) is 2. The van der Waals surface area contributed by atoms with E-state index in [4.69, 9.17) is 4.74 Å². The lowest BCUT2D eigenvalue weighted by Crippen LogP contribution is -2.37. The van der Waals surface area contributed by atoms with Crippen LogP contribution < -0.4 is 20.3 Å². The molecule has 1 fully saturated rings. The average Bonchev–Trinajstić information content (AvgIpc) is 3.34. The number of thiophene rings is 1. The highest BCUT2D eigenvalue weighted by molar-refractivity contribution is 7.17. The van der Waals surface area contributed by atoms with E-state index in [1.165, 1.54) is 22.0 Å². The van der Waals surface area contributed by atoms with E-state index >= 15 is 0 Å². The summed E-state index contributed by atoms with van der Waals surface area (Å²) in [7, 11) is 0. The minimum Gasteiger partial charge on any atom is -0.511 e. The summed E-state index contributed by atoms with van der Waals surface area (Å²) < 4.78 is 7.96. The zero-order valence-electron chi connectivity index (χ0n) is 22.5. The molecule has 2 N–H and O–H groups in total. The molecule has 1 amide bonds. The molecule has 6 rings (SSSR count). The fraction of sp³-hybridized carbons (Fsp3) is 0.324. The second-order valence-electron chi connectivity index (χ2n) is 10.3. The van der Waals surface area contributed by atoms with Crippen LogP contribution >= 0.6 is 11.3 Å². The number of carbonyl (C=O) groups excluding carboxylic acids is 1. The van der Waals surface area contributed by atoms with Gasteiger partial charge in [-0.3, -0.25) is 9.36 Å². The van der Waals surface area contributed by atoms with Crippen molar-refractivity contribution in [3.8, 4) is 17.3 Å². The Balaban J connectivity index is 0.00000176. The van der Waals surface area contributed by atoms with Crippen LogP contribution in [0.15, 0.2) is 72.3 Å². The summed E-state index contributed by atoms with van der Waals surface area (Å²) in [5.74, 6) is 1.31. The number of aryl methyl sites for hydroxylation is 1. The van der Waals surface area contributed by atoms with Gasteiger partial charge < -0.3 is 15.2 Å². The fourth-order valence-corrected chi connectivity index (χ4v) is 6.67. The number of aliphatic hydroxyl groups is 1.